The van der Waals surface area contributed by atoms with E-state index in [0.29, 0.717) is 11.0 Å². The van der Waals surface area contributed by atoms with Crippen molar-refractivity contribution in [2.45, 2.75) is 6.92 Å². The third kappa shape index (κ3) is 3.02. The number of anilines is 2. The van der Waals surface area contributed by atoms with Gasteiger partial charge in [0.25, 0.3) is 0 Å². The molecule has 3 heterocycles. The summed E-state index contributed by atoms with van der Waals surface area (Å²) in [6.45, 7) is 2.07. The Labute approximate surface area is 178 Å². The number of nitrogens with one attached hydrogen (secondary N) is 1. The standard InChI is InChI=1S/C24H21N5O2/c1-14-7-9-15(10-8-14)28(2)20-6-4-5-16-22(20)27-29(3)23(16)19-13-18-21(26-19)17(24(30)31)11-12-25-18/h4-13,26H,1-3H3,(H,30,31). The van der Waals surface area contributed by atoms with Crippen LogP contribution < -0.4 is 4.90 Å². The van der Waals surface area contributed by atoms with Gasteiger partial charge in [-0.1, -0.05) is 29.8 Å². The zero-order chi connectivity index (χ0) is 21.7. The molecule has 0 amide bonds. The fourth-order valence-electron chi connectivity index (χ4n) is 4.03. The lowest BCUT2D eigenvalue weighted by molar-refractivity contribution is 0.0698. The minimum atomic E-state index is -0.988. The molecule has 3 aromatic heterocycles. The second kappa shape index (κ2) is 6.98. The molecule has 31 heavy (non-hydrogen) atoms. The van der Waals surface area contributed by atoms with Crippen LogP contribution in [-0.2, 0) is 7.05 Å². The van der Waals surface area contributed by atoms with E-state index in [0.717, 1.165) is 33.7 Å². The lowest BCUT2D eigenvalue weighted by Gasteiger charge is -2.20. The number of carbonyl (C=O) groups is 1. The average molecular weight is 411 g/mol. The van der Waals surface area contributed by atoms with E-state index in [4.69, 9.17) is 5.10 Å². The molecule has 5 aromatic rings. The Bertz CT molecular complexity index is 1450. The lowest BCUT2D eigenvalue weighted by Crippen LogP contribution is -2.09. The van der Waals surface area contributed by atoms with Gasteiger partial charge in [0, 0.05) is 31.4 Å². The maximum Gasteiger partial charge on any atom is 0.337 e. The Morgan fingerprint density at radius 1 is 1.13 bits per heavy atom. The van der Waals surface area contributed by atoms with Crippen molar-refractivity contribution in [3.63, 3.8) is 0 Å². The molecule has 7 heteroatoms. The van der Waals surface area contributed by atoms with Gasteiger partial charge in [-0.05, 0) is 37.3 Å². The quantitative estimate of drug-likeness (QED) is 0.440. The lowest BCUT2D eigenvalue weighted by atomic mass is 10.1. The van der Waals surface area contributed by atoms with Gasteiger partial charge in [-0.15, -0.1) is 0 Å². The number of H-pyrrole nitrogens is 1. The number of hydrogen-bond donors (Lipinski definition) is 2. The molecule has 5 rings (SSSR count). The van der Waals surface area contributed by atoms with E-state index in [1.165, 1.54) is 17.8 Å². The van der Waals surface area contributed by atoms with Crippen molar-refractivity contribution in [1.82, 2.24) is 19.7 Å². The normalized spacial score (nSPS) is 11.3. The van der Waals surface area contributed by atoms with Crippen LogP contribution in [0.5, 0.6) is 0 Å². The zero-order valence-electron chi connectivity index (χ0n) is 17.4. The second-order valence-electron chi connectivity index (χ2n) is 7.65. The van der Waals surface area contributed by atoms with E-state index in [1.54, 1.807) is 0 Å². The first-order chi connectivity index (χ1) is 14.9. The molecule has 154 valence electrons. The van der Waals surface area contributed by atoms with Crippen molar-refractivity contribution >= 4 is 39.3 Å². The largest absolute Gasteiger partial charge is 0.478 e. The van der Waals surface area contributed by atoms with Crippen molar-refractivity contribution in [1.29, 1.82) is 0 Å². The molecule has 2 N–H and O–H groups in total. The van der Waals surface area contributed by atoms with Gasteiger partial charge in [-0.25, -0.2) is 4.79 Å². The first-order valence-electron chi connectivity index (χ1n) is 9.91. The Morgan fingerprint density at radius 3 is 2.65 bits per heavy atom. The number of aromatic amines is 1. The van der Waals surface area contributed by atoms with Gasteiger partial charge >= 0.3 is 5.97 Å². The van der Waals surface area contributed by atoms with Gasteiger partial charge < -0.3 is 15.0 Å². The molecule has 0 atom stereocenters. The molecule has 2 aromatic carbocycles. The second-order valence-corrected chi connectivity index (χ2v) is 7.65. The Kier molecular flexibility index (Phi) is 4.25. The average Bonchev–Trinajstić information content (AvgIpc) is 3.32. The van der Waals surface area contributed by atoms with E-state index >= 15 is 0 Å². The number of hydrogen-bond acceptors (Lipinski definition) is 4. The number of carboxylic acid groups (broad SMARTS) is 1. The fraction of sp³-hybridized carbons (Fsp3) is 0.125. The summed E-state index contributed by atoms with van der Waals surface area (Å²) in [7, 11) is 3.92. The summed E-state index contributed by atoms with van der Waals surface area (Å²) < 4.78 is 1.82. The van der Waals surface area contributed by atoms with Gasteiger partial charge in [-0.2, -0.15) is 5.10 Å². The van der Waals surface area contributed by atoms with Gasteiger partial charge in [0.2, 0.25) is 0 Å². The monoisotopic (exact) mass is 411 g/mol. The number of nitrogens with zero attached hydrogens (tertiary/aromatic N) is 4. The summed E-state index contributed by atoms with van der Waals surface area (Å²) >= 11 is 0. The number of benzene rings is 2. The molecule has 0 unspecified atom stereocenters. The Balaban J connectivity index is 1.68. The third-order valence-corrected chi connectivity index (χ3v) is 5.63. The van der Waals surface area contributed by atoms with Crippen LogP contribution in [0.4, 0.5) is 11.4 Å². The molecule has 0 saturated heterocycles. The summed E-state index contributed by atoms with van der Waals surface area (Å²) in [5.74, 6) is -0.988. The smallest absolute Gasteiger partial charge is 0.337 e. The van der Waals surface area contributed by atoms with Crippen molar-refractivity contribution in [3.05, 3.63) is 71.9 Å². The number of aromatic carboxylic acids is 1. The molecule has 0 bridgehead atoms. The maximum atomic E-state index is 11.6. The van der Waals surface area contributed by atoms with Crippen LogP contribution in [-0.4, -0.2) is 37.9 Å². The minimum absolute atomic E-state index is 0.197. The number of aromatic nitrogens is 4. The number of rotatable bonds is 4. The highest BCUT2D eigenvalue weighted by atomic mass is 16.4. The molecular formula is C24H21N5O2. The number of aryl methyl sites for hydroxylation is 2. The van der Waals surface area contributed by atoms with E-state index in [2.05, 4.69) is 46.1 Å². The first kappa shape index (κ1) is 18.9. The van der Waals surface area contributed by atoms with Crippen LogP contribution in [0.3, 0.4) is 0 Å². The van der Waals surface area contributed by atoms with Crippen LogP contribution in [0.25, 0.3) is 33.3 Å². The van der Waals surface area contributed by atoms with Gasteiger partial charge in [0.1, 0.15) is 5.52 Å². The van der Waals surface area contributed by atoms with Crippen LogP contribution >= 0.6 is 0 Å². The van der Waals surface area contributed by atoms with Crippen LogP contribution in [0.2, 0.25) is 0 Å². The van der Waals surface area contributed by atoms with E-state index in [1.807, 2.05) is 43.0 Å². The topological polar surface area (TPSA) is 87.0 Å². The summed E-state index contributed by atoms with van der Waals surface area (Å²) in [6, 6.07) is 17.8. The summed E-state index contributed by atoms with van der Waals surface area (Å²) in [5, 5.41) is 15.3. The van der Waals surface area contributed by atoms with Crippen LogP contribution in [0.15, 0.2) is 60.8 Å². The highest BCUT2D eigenvalue weighted by Crippen LogP contribution is 2.36. The molecule has 0 spiro atoms. The van der Waals surface area contributed by atoms with Gasteiger partial charge in [0.15, 0.2) is 0 Å². The SMILES string of the molecule is Cc1ccc(N(C)c2cccc3c(-c4cc5nccc(C(=O)O)c5[nH]4)n(C)nc23)cc1. The Morgan fingerprint density at radius 2 is 1.90 bits per heavy atom. The van der Waals surface area contributed by atoms with Gasteiger partial charge in [0.05, 0.1) is 33.7 Å². The van der Waals surface area contributed by atoms with Crippen molar-refractivity contribution < 1.29 is 9.90 Å². The van der Waals surface area contributed by atoms with Crippen molar-refractivity contribution in [2.75, 3.05) is 11.9 Å². The molecular weight excluding hydrogens is 390 g/mol. The third-order valence-electron chi connectivity index (χ3n) is 5.63. The molecule has 0 aliphatic rings. The molecule has 7 nitrogen and oxygen atoms in total. The predicted octanol–water partition coefficient (Wildman–Crippen LogP) is 4.89. The maximum absolute atomic E-state index is 11.6. The summed E-state index contributed by atoms with van der Waals surface area (Å²) in [5.41, 5.74) is 7.11. The molecule has 0 aliphatic carbocycles. The zero-order valence-corrected chi connectivity index (χ0v) is 17.4. The highest BCUT2D eigenvalue weighted by molar-refractivity contribution is 6.05. The first-order valence-corrected chi connectivity index (χ1v) is 9.91. The van der Waals surface area contributed by atoms with E-state index < -0.39 is 5.97 Å². The number of pyridine rings is 1. The van der Waals surface area contributed by atoms with Crippen molar-refractivity contribution in [2.24, 2.45) is 7.05 Å². The summed E-state index contributed by atoms with van der Waals surface area (Å²) in [4.78, 5) is 21.3. The molecule has 0 radical (unpaired) electrons. The summed E-state index contributed by atoms with van der Waals surface area (Å²) in [6.07, 6.45) is 1.51. The minimum Gasteiger partial charge on any atom is -0.478 e. The highest BCUT2D eigenvalue weighted by Gasteiger charge is 2.19. The van der Waals surface area contributed by atoms with Gasteiger partial charge in [-0.3, -0.25) is 9.67 Å². The van der Waals surface area contributed by atoms with Crippen LogP contribution in [0, 0.1) is 6.92 Å². The predicted molar refractivity (Wildman–Crippen MR) is 122 cm³/mol. The molecule has 0 aliphatic heterocycles. The molecule has 0 fully saturated rings. The fourth-order valence-corrected chi connectivity index (χ4v) is 4.03. The number of fused-ring (bicyclic) bond motifs is 2. The Hall–Kier alpha value is -4.13. The number of carboxylic acids is 1. The van der Waals surface area contributed by atoms with E-state index in [-0.39, 0.29) is 5.56 Å². The van der Waals surface area contributed by atoms with Crippen LogP contribution in [0.1, 0.15) is 15.9 Å². The molecule has 0 saturated carbocycles. The van der Waals surface area contributed by atoms with Crippen molar-refractivity contribution in [3.8, 4) is 11.4 Å². The van der Waals surface area contributed by atoms with E-state index in [9.17, 15) is 9.90 Å².